The summed E-state index contributed by atoms with van der Waals surface area (Å²) in [6.07, 6.45) is 2.38. The zero-order valence-corrected chi connectivity index (χ0v) is 11.8. The number of carbonyl (C=O) groups excluding carboxylic acids is 1. The maximum absolute atomic E-state index is 13.2. The van der Waals surface area contributed by atoms with Crippen LogP contribution in [-0.4, -0.2) is 29.1 Å². The van der Waals surface area contributed by atoms with Gasteiger partial charge >= 0.3 is 5.69 Å². The highest BCUT2D eigenvalue weighted by molar-refractivity contribution is 5.94. The number of nitro groups is 1. The minimum absolute atomic E-state index is 0.0438. The van der Waals surface area contributed by atoms with Crippen molar-refractivity contribution in [1.29, 1.82) is 0 Å². The van der Waals surface area contributed by atoms with Gasteiger partial charge in [0.15, 0.2) is 0 Å². The van der Waals surface area contributed by atoms with E-state index < -0.39 is 22.3 Å². The number of benzene rings is 1. The SMILES string of the molecule is CCCC(CCO)CNC(=O)c1ccc(F)c([N+](=O)[O-])c1. The topological polar surface area (TPSA) is 92.5 Å². The lowest BCUT2D eigenvalue weighted by Gasteiger charge is -2.15. The van der Waals surface area contributed by atoms with Gasteiger partial charge in [-0.15, -0.1) is 0 Å². The molecule has 1 aromatic rings. The third-order valence-corrected chi connectivity index (χ3v) is 3.19. The van der Waals surface area contributed by atoms with Crippen molar-refractivity contribution in [3.05, 3.63) is 39.7 Å². The van der Waals surface area contributed by atoms with E-state index in [1.54, 1.807) is 0 Å². The molecule has 7 heteroatoms. The molecule has 6 nitrogen and oxygen atoms in total. The van der Waals surface area contributed by atoms with E-state index >= 15 is 0 Å². The van der Waals surface area contributed by atoms with Crippen LogP contribution in [0, 0.1) is 21.8 Å². The number of nitrogens with zero attached hydrogens (tertiary/aromatic N) is 1. The zero-order valence-electron chi connectivity index (χ0n) is 11.8. The second-order valence-corrected chi connectivity index (χ2v) is 4.80. The molecule has 0 saturated carbocycles. The van der Waals surface area contributed by atoms with Crippen LogP contribution in [0.15, 0.2) is 18.2 Å². The number of hydrogen-bond acceptors (Lipinski definition) is 4. The number of rotatable bonds is 8. The number of carbonyl (C=O) groups is 1. The number of nitro benzene ring substituents is 1. The fourth-order valence-corrected chi connectivity index (χ4v) is 2.07. The van der Waals surface area contributed by atoms with Gasteiger partial charge in [0.1, 0.15) is 0 Å². The average Bonchev–Trinajstić information content (AvgIpc) is 2.45. The minimum Gasteiger partial charge on any atom is -0.396 e. The van der Waals surface area contributed by atoms with Gasteiger partial charge in [0.05, 0.1) is 4.92 Å². The van der Waals surface area contributed by atoms with E-state index in [2.05, 4.69) is 5.32 Å². The number of aliphatic hydroxyl groups is 1. The first-order valence-electron chi connectivity index (χ1n) is 6.82. The van der Waals surface area contributed by atoms with Gasteiger partial charge < -0.3 is 10.4 Å². The van der Waals surface area contributed by atoms with Crippen LogP contribution in [0.25, 0.3) is 0 Å². The predicted molar refractivity (Wildman–Crippen MR) is 75.5 cm³/mol. The molecule has 0 saturated heterocycles. The lowest BCUT2D eigenvalue weighted by Crippen LogP contribution is -2.29. The maximum atomic E-state index is 13.2. The molecule has 21 heavy (non-hydrogen) atoms. The van der Waals surface area contributed by atoms with E-state index in [1.807, 2.05) is 6.92 Å². The third-order valence-electron chi connectivity index (χ3n) is 3.19. The molecule has 0 radical (unpaired) electrons. The Morgan fingerprint density at radius 1 is 1.48 bits per heavy atom. The summed E-state index contributed by atoms with van der Waals surface area (Å²) in [5.41, 5.74) is -0.675. The monoisotopic (exact) mass is 298 g/mol. The van der Waals surface area contributed by atoms with Crippen LogP contribution >= 0.6 is 0 Å². The van der Waals surface area contributed by atoms with E-state index in [0.29, 0.717) is 13.0 Å². The van der Waals surface area contributed by atoms with Gasteiger partial charge in [-0.2, -0.15) is 4.39 Å². The number of amides is 1. The van der Waals surface area contributed by atoms with Crippen molar-refractivity contribution in [3.8, 4) is 0 Å². The largest absolute Gasteiger partial charge is 0.396 e. The normalized spacial score (nSPS) is 12.0. The summed E-state index contributed by atoms with van der Waals surface area (Å²) in [6.45, 7) is 2.43. The highest BCUT2D eigenvalue weighted by atomic mass is 19.1. The molecule has 1 rings (SSSR count). The van der Waals surface area contributed by atoms with Crippen LogP contribution < -0.4 is 5.32 Å². The van der Waals surface area contributed by atoms with Gasteiger partial charge in [-0.05, 0) is 30.9 Å². The summed E-state index contributed by atoms with van der Waals surface area (Å²) in [5, 5.41) is 22.2. The van der Waals surface area contributed by atoms with Crippen molar-refractivity contribution in [1.82, 2.24) is 5.32 Å². The second-order valence-electron chi connectivity index (χ2n) is 4.80. The standard InChI is InChI=1S/C14H19FN2O4/c1-2-3-10(6-7-18)9-16-14(19)11-4-5-12(15)13(8-11)17(20)21/h4-5,8,10,18H,2-3,6-7,9H2,1H3,(H,16,19). The Kier molecular flexibility index (Phi) is 6.74. The molecule has 0 bridgehead atoms. The summed E-state index contributed by atoms with van der Waals surface area (Å²) in [5.74, 6) is -1.31. The van der Waals surface area contributed by atoms with Gasteiger partial charge in [0, 0.05) is 24.8 Å². The number of nitrogens with one attached hydrogen (secondary N) is 1. The van der Waals surface area contributed by atoms with Gasteiger partial charge in [-0.25, -0.2) is 0 Å². The zero-order chi connectivity index (χ0) is 15.8. The molecule has 0 aliphatic rings. The molecular weight excluding hydrogens is 279 g/mol. The van der Waals surface area contributed by atoms with Gasteiger partial charge in [-0.1, -0.05) is 13.3 Å². The van der Waals surface area contributed by atoms with E-state index in [-0.39, 0.29) is 18.1 Å². The molecule has 0 fully saturated rings. The Morgan fingerprint density at radius 2 is 2.19 bits per heavy atom. The predicted octanol–water partition coefficient (Wildman–Crippen LogP) is 2.26. The van der Waals surface area contributed by atoms with Gasteiger partial charge in [0.25, 0.3) is 5.91 Å². The fraction of sp³-hybridized carbons (Fsp3) is 0.500. The van der Waals surface area contributed by atoms with E-state index in [4.69, 9.17) is 5.11 Å². The molecule has 1 aromatic carbocycles. The van der Waals surface area contributed by atoms with Crippen LogP contribution in [0.5, 0.6) is 0 Å². The Balaban J connectivity index is 2.71. The fourth-order valence-electron chi connectivity index (χ4n) is 2.07. The first kappa shape index (κ1) is 17.0. The van der Waals surface area contributed by atoms with Crippen molar-refractivity contribution in [3.63, 3.8) is 0 Å². The minimum atomic E-state index is -0.972. The Labute approximate surface area is 122 Å². The summed E-state index contributed by atoms with van der Waals surface area (Å²) in [4.78, 5) is 21.7. The van der Waals surface area contributed by atoms with Crippen LogP contribution in [0.3, 0.4) is 0 Å². The molecule has 1 amide bonds. The average molecular weight is 298 g/mol. The second kappa shape index (κ2) is 8.31. The molecule has 1 unspecified atom stereocenters. The summed E-state index contributed by atoms with van der Waals surface area (Å²) >= 11 is 0. The Hall–Kier alpha value is -2.02. The van der Waals surface area contributed by atoms with Crippen molar-refractivity contribution in [2.75, 3.05) is 13.2 Å². The Morgan fingerprint density at radius 3 is 2.76 bits per heavy atom. The number of halogens is 1. The first-order chi connectivity index (χ1) is 9.99. The van der Waals surface area contributed by atoms with Crippen LogP contribution in [0.1, 0.15) is 36.5 Å². The molecule has 116 valence electrons. The van der Waals surface area contributed by atoms with Crippen LogP contribution in [0.2, 0.25) is 0 Å². The molecule has 1 atom stereocenters. The van der Waals surface area contributed by atoms with Crippen LogP contribution in [0.4, 0.5) is 10.1 Å². The molecule has 0 aliphatic carbocycles. The van der Waals surface area contributed by atoms with Crippen LogP contribution in [-0.2, 0) is 0 Å². The highest BCUT2D eigenvalue weighted by Gasteiger charge is 2.18. The van der Waals surface area contributed by atoms with Crippen molar-refractivity contribution >= 4 is 11.6 Å². The number of aliphatic hydroxyl groups excluding tert-OH is 1. The lowest BCUT2D eigenvalue weighted by molar-refractivity contribution is -0.387. The lowest BCUT2D eigenvalue weighted by atomic mass is 10.00. The quantitative estimate of drug-likeness (QED) is 0.568. The van der Waals surface area contributed by atoms with Crippen molar-refractivity contribution < 1.29 is 19.2 Å². The number of hydrogen-bond donors (Lipinski definition) is 2. The molecule has 2 N–H and O–H groups in total. The smallest absolute Gasteiger partial charge is 0.305 e. The molecule has 0 aromatic heterocycles. The third kappa shape index (κ3) is 5.11. The highest BCUT2D eigenvalue weighted by Crippen LogP contribution is 2.18. The Bertz CT molecular complexity index is 502. The van der Waals surface area contributed by atoms with E-state index in [0.717, 1.165) is 25.0 Å². The van der Waals surface area contributed by atoms with Crippen molar-refractivity contribution in [2.24, 2.45) is 5.92 Å². The van der Waals surface area contributed by atoms with E-state index in [9.17, 15) is 19.3 Å². The van der Waals surface area contributed by atoms with Gasteiger partial charge in [0.2, 0.25) is 5.82 Å². The molecule has 0 spiro atoms. The van der Waals surface area contributed by atoms with Crippen molar-refractivity contribution in [2.45, 2.75) is 26.2 Å². The molecule has 0 heterocycles. The summed E-state index contributed by atoms with van der Waals surface area (Å²) in [7, 11) is 0. The molecule has 0 aliphatic heterocycles. The summed E-state index contributed by atoms with van der Waals surface area (Å²) in [6, 6.07) is 3.04. The van der Waals surface area contributed by atoms with Gasteiger partial charge in [-0.3, -0.25) is 14.9 Å². The first-order valence-corrected chi connectivity index (χ1v) is 6.82. The maximum Gasteiger partial charge on any atom is 0.305 e. The van der Waals surface area contributed by atoms with E-state index in [1.165, 1.54) is 6.07 Å². The summed E-state index contributed by atoms with van der Waals surface area (Å²) < 4.78 is 13.2. The molecular formula is C14H19FN2O4.